The second kappa shape index (κ2) is 10.5. The molecule has 4 heterocycles. The number of ether oxygens (including phenoxy) is 1. The van der Waals surface area contributed by atoms with E-state index in [0.29, 0.717) is 31.6 Å². The van der Waals surface area contributed by atoms with E-state index in [2.05, 4.69) is 17.2 Å². The summed E-state index contributed by atoms with van der Waals surface area (Å²) >= 11 is 0. The van der Waals surface area contributed by atoms with Crippen LogP contribution in [-0.4, -0.2) is 44.6 Å². The number of nitrogens with zero attached hydrogens (tertiary/aromatic N) is 5. The predicted molar refractivity (Wildman–Crippen MR) is 157 cm³/mol. The lowest BCUT2D eigenvalue weighted by Gasteiger charge is -2.31. The van der Waals surface area contributed by atoms with E-state index in [-0.39, 0.29) is 23.8 Å². The molecule has 2 amide bonds. The second-order valence-electron chi connectivity index (χ2n) is 11.5. The monoisotopic (exact) mass is 563 g/mol. The van der Waals surface area contributed by atoms with Gasteiger partial charge in [-0.1, -0.05) is 72.8 Å². The standard InChI is InChI=1S/C33H33N5O4/c1-22-18-26(14-16-36-21-28(34-35-36)31(40)24-9-3-2-4-10-24)42-33(22)27-12-5-6-13-29(27)38(32(33)41)20-23-8-7-11-25(19-23)37-17-15-30(37)39/h2-13,19,21-22,26,31,40H,14-18,20H2,1H3/t22-,26+,31-,33+/m1/s1. The van der Waals surface area contributed by atoms with Gasteiger partial charge in [-0.15, -0.1) is 5.10 Å². The molecule has 1 N–H and O–H groups in total. The molecular weight excluding hydrogens is 530 g/mol. The minimum atomic E-state index is -1.04. The van der Waals surface area contributed by atoms with Crippen molar-refractivity contribution >= 4 is 23.2 Å². The molecular formula is C33H33N5O4. The zero-order chi connectivity index (χ0) is 28.8. The van der Waals surface area contributed by atoms with Crippen LogP contribution in [0.2, 0.25) is 0 Å². The number of carbonyl (C=O) groups is 2. The Morgan fingerprint density at radius 2 is 1.86 bits per heavy atom. The van der Waals surface area contributed by atoms with Crippen molar-refractivity contribution in [2.75, 3.05) is 16.3 Å². The molecule has 214 valence electrons. The zero-order valence-corrected chi connectivity index (χ0v) is 23.5. The Labute approximate surface area is 244 Å². The van der Waals surface area contributed by atoms with Crippen LogP contribution < -0.4 is 9.80 Å². The van der Waals surface area contributed by atoms with Crippen LogP contribution in [0.5, 0.6) is 0 Å². The van der Waals surface area contributed by atoms with Crippen molar-refractivity contribution in [2.24, 2.45) is 5.92 Å². The van der Waals surface area contributed by atoms with Crippen molar-refractivity contribution in [1.29, 1.82) is 0 Å². The quantitative estimate of drug-likeness (QED) is 0.320. The molecule has 0 unspecified atom stereocenters. The largest absolute Gasteiger partial charge is 0.382 e. The molecule has 3 aliphatic rings. The SMILES string of the molecule is C[C@@H]1C[C@H](CCn2cc([C@H](O)c3ccccc3)nn2)O[C@@]12C(=O)N(Cc1cccc(N3CCC3=O)c1)c1ccccc12. The number of hydrogen-bond acceptors (Lipinski definition) is 6. The molecule has 42 heavy (non-hydrogen) atoms. The first-order chi connectivity index (χ1) is 20.4. The maximum atomic E-state index is 14.3. The lowest BCUT2D eigenvalue weighted by molar-refractivity contribution is -0.146. The Balaban J connectivity index is 1.07. The van der Waals surface area contributed by atoms with Crippen molar-refractivity contribution in [2.45, 2.75) is 57.1 Å². The topological polar surface area (TPSA) is 101 Å². The van der Waals surface area contributed by atoms with E-state index in [1.54, 1.807) is 15.8 Å². The highest BCUT2D eigenvalue weighted by atomic mass is 16.5. The number of aliphatic hydroxyl groups excluding tert-OH is 1. The average molecular weight is 564 g/mol. The minimum Gasteiger partial charge on any atom is -0.382 e. The number of amides is 2. The summed E-state index contributed by atoms with van der Waals surface area (Å²) < 4.78 is 8.45. The molecule has 9 heteroatoms. The molecule has 0 saturated carbocycles. The number of rotatable bonds is 8. The van der Waals surface area contributed by atoms with Gasteiger partial charge in [-0.2, -0.15) is 0 Å². The number of β-lactam (4-membered cyclic amide) rings is 1. The summed E-state index contributed by atoms with van der Waals surface area (Å²) in [5.41, 5.74) is 3.85. The summed E-state index contributed by atoms with van der Waals surface area (Å²) in [5.74, 6) is 0.0676. The second-order valence-corrected chi connectivity index (χ2v) is 11.5. The Kier molecular flexibility index (Phi) is 6.63. The maximum absolute atomic E-state index is 14.3. The van der Waals surface area contributed by atoms with Gasteiger partial charge in [0.2, 0.25) is 5.91 Å². The van der Waals surface area contributed by atoms with E-state index in [0.717, 1.165) is 41.0 Å². The van der Waals surface area contributed by atoms with Crippen molar-refractivity contribution in [3.05, 3.63) is 107 Å². The summed E-state index contributed by atoms with van der Waals surface area (Å²) in [6.45, 7) is 3.79. The molecule has 0 radical (unpaired) electrons. The van der Waals surface area contributed by atoms with Crippen LogP contribution >= 0.6 is 0 Å². The Morgan fingerprint density at radius 3 is 2.64 bits per heavy atom. The van der Waals surface area contributed by atoms with Crippen molar-refractivity contribution < 1.29 is 19.4 Å². The van der Waals surface area contributed by atoms with Gasteiger partial charge in [-0.25, -0.2) is 0 Å². The van der Waals surface area contributed by atoms with Crippen LogP contribution in [0.25, 0.3) is 0 Å². The first-order valence-electron chi connectivity index (χ1n) is 14.6. The van der Waals surface area contributed by atoms with Gasteiger partial charge in [0.15, 0.2) is 5.60 Å². The van der Waals surface area contributed by atoms with E-state index in [1.165, 1.54) is 0 Å². The molecule has 1 aromatic heterocycles. The molecule has 4 atom stereocenters. The molecule has 0 aliphatic carbocycles. The van der Waals surface area contributed by atoms with Crippen molar-refractivity contribution in [1.82, 2.24) is 15.0 Å². The molecule has 0 bridgehead atoms. The van der Waals surface area contributed by atoms with Gasteiger partial charge in [0.1, 0.15) is 11.8 Å². The third-order valence-corrected chi connectivity index (χ3v) is 8.87. The molecule has 3 aliphatic heterocycles. The first-order valence-corrected chi connectivity index (χ1v) is 14.6. The van der Waals surface area contributed by atoms with E-state index in [9.17, 15) is 14.7 Å². The van der Waals surface area contributed by atoms with Crippen LogP contribution in [-0.2, 0) is 33.0 Å². The summed E-state index contributed by atoms with van der Waals surface area (Å²) in [4.78, 5) is 29.9. The Hall–Kier alpha value is -4.34. The zero-order valence-electron chi connectivity index (χ0n) is 23.5. The van der Waals surface area contributed by atoms with E-state index >= 15 is 0 Å². The molecule has 2 saturated heterocycles. The summed E-state index contributed by atoms with van der Waals surface area (Å²) in [6, 6.07) is 25.2. The summed E-state index contributed by atoms with van der Waals surface area (Å²) in [6.07, 6.45) is 2.79. The van der Waals surface area contributed by atoms with Crippen molar-refractivity contribution in [3.63, 3.8) is 0 Å². The predicted octanol–water partition coefficient (Wildman–Crippen LogP) is 4.35. The van der Waals surface area contributed by atoms with Crippen LogP contribution in [0.4, 0.5) is 11.4 Å². The van der Waals surface area contributed by atoms with Crippen LogP contribution in [0, 0.1) is 5.92 Å². The van der Waals surface area contributed by atoms with Gasteiger partial charge < -0.3 is 19.6 Å². The maximum Gasteiger partial charge on any atom is 0.264 e. The first kappa shape index (κ1) is 26.6. The third kappa shape index (κ3) is 4.40. The molecule has 1 spiro atoms. The fourth-order valence-corrected chi connectivity index (χ4v) is 6.58. The lowest BCUT2D eigenvalue weighted by Crippen LogP contribution is -2.44. The number of aliphatic hydroxyl groups is 1. The van der Waals surface area contributed by atoms with Crippen LogP contribution in [0.3, 0.4) is 0 Å². The van der Waals surface area contributed by atoms with Crippen molar-refractivity contribution in [3.8, 4) is 0 Å². The number of para-hydroxylation sites is 1. The Bertz CT molecular complexity index is 1640. The average Bonchev–Trinajstić information content (AvgIpc) is 3.68. The number of anilines is 2. The lowest BCUT2D eigenvalue weighted by atomic mass is 9.83. The van der Waals surface area contributed by atoms with Gasteiger partial charge in [0, 0.05) is 36.7 Å². The number of aryl methyl sites for hydroxylation is 1. The van der Waals surface area contributed by atoms with Crippen LogP contribution in [0.15, 0.2) is 85.1 Å². The number of carbonyl (C=O) groups excluding carboxylic acids is 2. The van der Waals surface area contributed by atoms with Gasteiger partial charge >= 0.3 is 0 Å². The number of fused-ring (bicyclic) bond motifs is 2. The van der Waals surface area contributed by atoms with Gasteiger partial charge in [0.25, 0.3) is 5.91 Å². The fraction of sp³-hybridized carbons (Fsp3) is 0.333. The number of hydrogen-bond donors (Lipinski definition) is 1. The van der Waals surface area contributed by atoms with Gasteiger partial charge in [-0.3, -0.25) is 14.3 Å². The number of aromatic nitrogens is 3. The summed E-state index contributed by atoms with van der Waals surface area (Å²) in [5, 5.41) is 19.1. The van der Waals surface area contributed by atoms with E-state index in [4.69, 9.17) is 4.74 Å². The molecule has 2 fully saturated rings. The highest BCUT2D eigenvalue weighted by Crippen LogP contribution is 2.53. The summed E-state index contributed by atoms with van der Waals surface area (Å²) in [7, 11) is 0. The highest BCUT2D eigenvalue weighted by molar-refractivity contribution is 6.07. The van der Waals surface area contributed by atoms with E-state index < -0.39 is 11.7 Å². The molecule has 7 rings (SSSR count). The molecule has 3 aromatic carbocycles. The smallest absolute Gasteiger partial charge is 0.264 e. The fourth-order valence-electron chi connectivity index (χ4n) is 6.58. The molecule has 4 aromatic rings. The van der Waals surface area contributed by atoms with Gasteiger partial charge in [-0.05, 0) is 42.2 Å². The van der Waals surface area contributed by atoms with E-state index in [1.807, 2.05) is 83.8 Å². The Morgan fingerprint density at radius 1 is 1.05 bits per heavy atom. The third-order valence-electron chi connectivity index (χ3n) is 8.87. The highest BCUT2D eigenvalue weighted by Gasteiger charge is 2.59. The minimum absolute atomic E-state index is 0.0163. The normalized spacial score (nSPS) is 23.9. The number of benzene rings is 3. The molecule has 9 nitrogen and oxygen atoms in total. The van der Waals surface area contributed by atoms with Crippen LogP contribution in [0.1, 0.15) is 54.7 Å². The van der Waals surface area contributed by atoms with Gasteiger partial charge in [0.05, 0.1) is 24.5 Å².